The van der Waals surface area contributed by atoms with E-state index in [1.165, 1.54) is 6.07 Å². The molecular formula is C14H19FN2O2. The summed E-state index contributed by atoms with van der Waals surface area (Å²) >= 11 is 0. The highest BCUT2D eigenvalue weighted by Crippen LogP contribution is 2.31. The summed E-state index contributed by atoms with van der Waals surface area (Å²) < 4.78 is 19.2. The lowest BCUT2D eigenvalue weighted by Gasteiger charge is -2.38. The second-order valence-electron chi connectivity index (χ2n) is 4.96. The van der Waals surface area contributed by atoms with Gasteiger partial charge in [0, 0.05) is 6.42 Å². The van der Waals surface area contributed by atoms with Gasteiger partial charge in [0.05, 0.1) is 0 Å². The van der Waals surface area contributed by atoms with Gasteiger partial charge in [-0.05, 0) is 38.4 Å². The fraction of sp³-hybridized carbons (Fsp3) is 0.500. The van der Waals surface area contributed by atoms with Gasteiger partial charge in [0.15, 0.2) is 11.6 Å². The third-order valence-corrected chi connectivity index (χ3v) is 3.79. The van der Waals surface area contributed by atoms with Crippen molar-refractivity contribution in [1.29, 1.82) is 0 Å². The van der Waals surface area contributed by atoms with Crippen LogP contribution in [0.4, 0.5) is 4.39 Å². The van der Waals surface area contributed by atoms with Crippen LogP contribution in [0.3, 0.4) is 0 Å². The first-order valence-corrected chi connectivity index (χ1v) is 6.47. The van der Waals surface area contributed by atoms with Crippen LogP contribution in [0.25, 0.3) is 0 Å². The minimum atomic E-state index is -0.742. The molecule has 3 N–H and O–H groups in total. The number of para-hydroxylation sites is 1. The molecule has 2 atom stereocenters. The van der Waals surface area contributed by atoms with Crippen molar-refractivity contribution in [3.63, 3.8) is 0 Å². The van der Waals surface area contributed by atoms with Crippen LogP contribution in [0.2, 0.25) is 0 Å². The fourth-order valence-electron chi connectivity index (χ4n) is 2.62. The second-order valence-corrected chi connectivity index (χ2v) is 4.96. The van der Waals surface area contributed by atoms with Crippen molar-refractivity contribution < 1.29 is 13.9 Å². The van der Waals surface area contributed by atoms with Gasteiger partial charge in [-0.1, -0.05) is 12.1 Å². The van der Waals surface area contributed by atoms with Crippen LogP contribution in [0.5, 0.6) is 5.75 Å². The van der Waals surface area contributed by atoms with Gasteiger partial charge in [0.2, 0.25) is 5.91 Å². The molecule has 0 heterocycles. The molecule has 1 aliphatic carbocycles. The minimum Gasteiger partial charge on any atom is -0.487 e. The molecule has 1 amide bonds. The van der Waals surface area contributed by atoms with Crippen LogP contribution in [0.15, 0.2) is 24.3 Å². The van der Waals surface area contributed by atoms with Gasteiger partial charge in [-0.25, -0.2) is 4.39 Å². The topological polar surface area (TPSA) is 64.3 Å². The predicted molar refractivity (Wildman–Crippen MR) is 70.3 cm³/mol. The number of rotatable bonds is 4. The number of nitrogens with one attached hydrogen (secondary N) is 1. The van der Waals surface area contributed by atoms with E-state index in [1.54, 1.807) is 25.2 Å². The normalized spacial score (nSPS) is 26.9. The molecule has 0 spiro atoms. The molecule has 0 aromatic heterocycles. The van der Waals surface area contributed by atoms with Crippen LogP contribution < -0.4 is 15.8 Å². The summed E-state index contributed by atoms with van der Waals surface area (Å²) in [4.78, 5) is 11.6. The summed E-state index contributed by atoms with van der Waals surface area (Å²) in [5.41, 5.74) is 4.73. The Morgan fingerprint density at radius 2 is 2.26 bits per heavy atom. The number of benzene rings is 1. The number of amides is 1. The Hall–Kier alpha value is -1.62. The smallest absolute Gasteiger partial charge is 0.237 e. The molecule has 1 saturated carbocycles. The van der Waals surface area contributed by atoms with Crippen LogP contribution in [-0.2, 0) is 4.79 Å². The average Bonchev–Trinajstić information content (AvgIpc) is 2.41. The average molecular weight is 266 g/mol. The quantitative estimate of drug-likeness (QED) is 0.870. The van der Waals surface area contributed by atoms with Crippen LogP contribution in [0, 0.1) is 5.82 Å². The highest BCUT2D eigenvalue weighted by atomic mass is 19.1. The van der Waals surface area contributed by atoms with Gasteiger partial charge in [0.25, 0.3) is 0 Å². The maximum atomic E-state index is 13.5. The van der Waals surface area contributed by atoms with Crippen molar-refractivity contribution in [2.45, 2.75) is 37.3 Å². The monoisotopic (exact) mass is 266 g/mol. The number of ether oxygens (including phenoxy) is 1. The van der Waals surface area contributed by atoms with E-state index < -0.39 is 5.54 Å². The molecule has 0 radical (unpaired) electrons. The third-order valence-electron chi connectivity index (χ3n) is 3.79. The number of likely N-dealkylation sites (N-methyl/N-ethyl adjacent to an activating group) is 1. The van der Waals surface area contributed by atoms with Gasteiger partial charge in [0.1, 0.15) is 11.6 Å². The zero-order valence-corrected chi connectivity index (χ0v) is 11.0. The van der Waals surface area contributed by atoms with E-state index in [0.29, 0.717) is 12.8 Å². The van der Waals surface area contributed by atoms with E-state index in [1.807, 2.05) is 0 Å². The number of hydrogen-bond acceptors (Lipinski definition) is 3. The number of halogens is 1. The van der Waals surface area contributed by atoms with Crippen molar-refractivity contribution in [2.24, 2.45) is 5.73 Å². The van der Waals surface area contributed by atoms with Gasteiger partial charge in [-0.15, -0.1) is 0 Å². The number of hydrogen-bond donors (Lipinski definition) is 2. The Morgan fingerprint density at radius 3 is 2.89 bits per heavy atom. The zero-order chi connectivity index (χ0) is 13.9. The van der Waals surface area contributed by atoms with E-state index in [0.717, 1.165) is 12.8 Å². The third kappa shape index (κ3) is 2.87. The first-order chi connectivity index (χ1) is 9.07. The largest absolute Gasteiger partial charge is 0.487 e. The lowest BCUT2D eigenvalue weighted by molar-refractivity contribution is -0.126. The molecule has 1 fully saturated rings. The fourth-order valence-corrected chi connectivity index (χ4v) is 2.62. The second kappa shape index (κ2) is 5.57. The summed E-state index contributed by atoms with van der Waals surface area (Å²) in [6, 6.07) is 6.29. The van der Waals surface area contributed by atoms with Gasteiger partial charge in [-0.2, -0.15) is 0 Å². The van der Waals surface area contributed by atoms with Crippen molar-refractivity contribution in [1.82, 2.24) is 5.32 Å². The SMILES string of the molecule is CNC1(C(N)=O)CCCC(Oc2ccccc2F)C1. The molecule has 0 aliphatic heterocycles. The molecule has 19 heavy (non-hydrogen) atoms. The van der Waals surface area contributed by atoms with E-state index in [2.05, 4.69) is 5.32 Å². The summed E-state index contributed by atoms with van der Waals surface area (Å²) in [7, 11) is 1.72. The molecule has 0 saturated heterocycles. The number of primary amides is 1. The molecule has 2 unspecified atom stereocenters. The highest BCUT2D eigenvalue weighted by molar-refractivity contribution is 5.84. The van der Waals surface area contributed by atoms with Crippen LogP contribution >= 0.6 is 0 Å². The van der Waals surface area contributed by atoms with Crippen molar-refractivity contribution >= 4 is 5.91 Å². The van der Waals surface area contributed by atoms with Gasteiger partial charge < -0.3 is 15.8 Å². The minimum absolute atomic E-state index is 0.203. The Bertz CT molecular complexity index is 467. The van der Waals surface area contributed by atoms with Crippen LogP contribution in [-0.4, -0.2) is 24.6 Å². The van der Waals surface area contributed by atoms with Crippen LogP contribution in [0.1, 0.15) is 25.7 Å². The Kier molecular flexibility index (Phi) is 4.04. The van der Waals surface area contributed by atoms with Gasteiger partial charge in [-0.3, -0.25) is 4.79 Å². The van der Waals surface area contributed by atoms with E-state index in [-0.39, 0.29) is 23.6 Å². The molecule has 5 heteroatoms. The molecule has 4 nitrogen and oxygen atoms in total. The summed E-state index contributed by atoms with van der Waals surface area (Å²) in [5, 5.41) is 3.00. The number of carbonyl (C=O) groups is 1. The highest BCUT2D eigenvalue weighted by Gasteiger charge is 2.41. The molecule has 1 aliphatic rings. The first-order valence-electron chi connectivity index (χ1n) is 6.47. The molecule has 104 valence electrons. The first kappa shape index (κ1) is 13.8. The maximum absolute atomic E-state index is 13.5. The van der Waals surface area contributed by atoms with Gasteiger partial charge >= 0.3 is 0 Å². The molecule has 1 aromatic rings. The lowest BCUT2D eigenvalue weighted by atomic mass is 9.79. The van der Waals surface area contributed by atoms with Crippen molar-refractivity contribution in [3.05, 3.63) is 30.1 Å². The van der Waals surface area contributed by atoms with Crippen molar-refractivity contribution in [2.75, 3.05) is 7.05 Å². The standard InChI is InChI=1S/C14H19FN2O2/c1-17-14(13(16)18)8-4-5-10(9-14)19-12-7-3-2-6-11(12)15/h2-3,6-7,10,17H,4-5,8-9H2,1H3,(H2,16,18). The van der Waals surface area contributed by atoms with E-state index in [9.17, 15) is 9.18 Å². The summed E-state index contributed by atoms with van der Waals surface area (Å²) in [5.74, 6) is -0.539. The van der Waals surface area contributed by atoms with Crippen molar-refractivity contribution in [3.8, 4) is 5.75 Å². The molecule has 0 bridgehead atoms. The Balaban J connectivity index is 2.10. The molecule has 2 rings (SSSR count). The predicted octanol–water partition coefficient (Wildman–Crippen LogP) is 1.59. The van der Waals surface area contributed by atoms with E-state index >= 15 is 0 Å². The van der Waals surface area contributed by atoms with E-state index in [4.69, 9.17) is 10.5 Å². The molecular weight excluding hydrogens is 247 g/mol. The summed E-state index contributed by atoms with van der Waals surface area (Å²) in [6.07, 6.45) is 2.57. The zero-order valence-electron chi connectivity index (χ0n) is 11.0. The molecule has 1 aromatic carbocycles. The Morgan fingerprint density at radius 1 is 1.53 bits per heavy atom. The summed E-state index contributed by atoms with van der Waals surface area (Å²) in [6.45, 7) is 0. The number of carbonyl (C=O) groups excluding carboxylic acids is 1. The number of nitrogens with two attached hydrogens (primary N) is 1. The maximum Gasteiger partial charge on any atom is 0.237 e. The lowest BCUT2D eigenvalue weighted by Crippen LogP contribution is -2.58. The Labute approximate surface area is 112 Å².